The van der Waals surface area contributed by atoms with Crippen molar-refractivity contribution in [2.24, 2.45) is 11.8 Å². The second-order valence-corrected chi connectivity index (χ2v) is 9.39. The van der Waals surface area contributed by atoms with Crippen molar-refractivity contribution in [2.75, 3.05) is 18.8 Å². The topological polar surface area (TPSA) is 64.2 Å². The molecule has 2 aromatic heterocycles. The van der Waals surface area contributed by atoms with Crippen molar-refractivity contribution in [3.05, 3.63) is 53.4 Å². The Labute approximate surface area is 185 Å². The molecule has 0 spiro atoms. The van der Waals surface area contributed by atoms with Gasteiger partial charge in [0, 0.05) is 23.7 Å². The summed E-state index contributed by atoms with van der Waals surface area (Å²) in [4.78, 5) is 14.8. The fourth-order valence-electron chi connectivity index (χ4n) is 3.99. The van der Waals surface area contributed by atoms with E-state index < -0.39 is 0 Å². The SMILES string of the molecule is CC1CC(C)CN(C(=O)CSc2nnc(-c3ccc(Cl)cc3)n2Cc2ccco2)C1. The Hall–Kier alpha value is -2.25. The van der Waals surface area contributed by atoms with E-state index in [0.29, 0.717) is 34.3 Å². The van der Waals surface area contributed by atoms with Gasteiger partial charge < -0.3 is 9.32 Å². The van der Waals surface area contributed by atoms with Crippen LogP contribution in [0.25, 0.3) is 11.4 Å². The van der Waals surface area contributed by atoms with Crippen LogP contribution in [0.5, 0.6) is 0 Å². The third kappa shape index (κ3) is 4.90. The fraction of sp³-hybridized carbons (Fsp3) is 0.409. The molecule has 1 aromatic carbocycles. The number of benzene rings is 1. The molecule has 2 unspecified atom stereocenters. The van der Waals surface area contributed by atoms with Crippen LogP contribution in [0.1, 0.15) is 26.0 Å². The minimum atomic E-state index is 0.152. The lowest BCUT2D eigenvalue weighted by Crippen LogP contribution is -2.43. The van der Waals surface area contributed by atoms with Gasteiger partial charge in [0.2, 0.25) is 5.91 Å². The summed E-state index contributed by atoms with van der Waals surface area (Å²) < 4.78 is 7.52. The molecule has 0 N–H and O–H groups in total. The lowest BCUT2D eigenvalue weighted by atomic mass is 9.92. The Morgan fingerprint density at radius 1 is 1.17 bits per heavy atom. The minimum Gasteiger partial charge on any atom is -0.467 e. The van der Waals surface area contributed by atoms with Gasteiger partial charge in [-0.2, -0.15) is 0 Å². The molecular formula is C22H25ClN4O2S. The van der Waals surface area contributed by atoms with Gasteiger partial charge in [-0.15, -0.1) is 10.2 Å². The molecule has 1 aliphatic heterocycles. The molecule has 1 aliphatic rings. The number of piperidine rings is 1. The molecule has 158 valence electrons. The van der Waals surface area contributed by atoms with Crippen molar-refractivity contribution in [1.29, 1.82) is 0 Å². The first-order valence-electron chi connectivity index (χ1n) is 10.1. The predicted molar refractivity (Wildman–Crippen MR) is 119 cm³/mol. The van der Waals surface area contributed by atoms with Gasteiger partial charge in [-0.25, -0.2) is 0 Å². The monoisotopic (exact) mass is 444 g/mol. The summed E-state index contributed by atoms with van der Waals surface area (Å²) in [5, 5.41) is 10.1. The van der Waals surface area contributed by atoms with Gasteiger partial charge in [0.25, 0.3) is 0 Å². The molecule has 1 amide bonds. The number of likely N-dealkylation sites (tertiary alicyclic amines) is 1. The first-order chi connectivity index (χ1) is 14.5. The highest BCUT2D eigenvalue weighted by Gasteiger charge is 2.26. The van der Waals surface area contributed by atoms with Gasteiger partial charge in [0.1, 0.15) is 5.76 Å². The van der Waals surface area contributed by atoms with Crippen molar-refractivity contribution in [1.82, 2.24) is 19.7 Å². The highest BCUT2D eigenvalue weighted by Crippen LogP contribution is 2.27. The van der Waals surface area contributed by atoms with Crippen LogP contribution >= 0.6 is 23.4 Å². The minimum absolute atomic E-state index is 0.152. The van der Waals surface area contributed by atoms with E-state index in [0.717, 1.165) is 30.2 Å². The van der Waals surface area contributed by atoms with Crippen molar-refractivity contribution >= 4 is 29.3 Å². The first kappa shape index (κ1) is 21.0. The van der Waals surface area contributed by atoms with E-state index in [1.165, 1.54) is 18.2 Å². The standard InChI is InChI=1S/C22H25ClN4O2S/c1-15-10-16(2)12-26(11-15)20(28)14-30-22-25-24-21(17-5-7-18(23)8-6-17)27(22)13-19-4-3-9-29-19/h3-9,15-16H,10-14H2,1-2H3. The average molecular weight is 445 g/mol. The summed E-state index contributed by atoms with van der Waals surface area (Å²) in [6.07, 6.45) is 2.83. The summed E-state index contributed by atoms with van der Waals surface area (Å²) in [5.41, 5.74) is 0.912. The molecule has 2 atom stereocenters. The molecule has 1 saturated heterocycles. The van der Waals surface area contributed by atoms with E-state index in [9.17, 15) is 4.79 Å². The van der Waals surface area contributed by atoms with E-state index in [4.69, 9.17) is 16.0 Å². The molecule has 0 aliphatic carbocycles. The van der Waals surface area contributed by atoms with Crippen LogP contribution in [0.15, 0.2) is 52.2 Å². The van der Waals surface area contributed by atoms with Gasteiger partial charge >= 0.3 is 0 Å². The highest BCUT2D eigenvalue weighted by molar-refractivity contribution is 7.99. The van der Waals surface area contributed by atoms with Crippen molar-refractivity contribution in [3.63, 3.8) is 0 Å². The molecule has 0 radical (unpaired) electrons. The third-order valence-electron chi connectivity index (χ3n) is 5.26. The number of rotatable bonds is 6. The molecule has 0 saturated carbocycles. The van der Waals surface area contributed by atoms with Crippen LogP contribution in [-0.4, -0.2) is 44.4 Å². The number of amides is 1. The highest BCUT2D eigenvalue weighted by atomic mass is 35.5. The Morgan fingerprint density at radius 2 is 1.90 bits per heavy atom. The van der Waals surface area contributed by atoms with Crippen LogP contribution in [0, 0.1) is 11.8 Å². The van der Waals surface area contributed by atoms with Crippen molar-refractivity contribution in [2.45, 2.75) is 32.0 Å². The second kappa shape index (κ2) is 9.27. The number of thioether (sulfide) groups is 1. The zero-order valence-electron chi connectivity index (χ0n) is 17.1. The Morgan fingerprint density at radius 3 is 2.57 bits per heavy atom. The molecule has 3 heterocycles. The number of hydrogen-bond acceptors (Lipinski definition) is 5. The molecule has 0 bridgehead atoms. The summed E-state index contributed by atoms with van der Waals surface area (Å²) >= 11 is 7.46. The maximum atomic E-state index is 12.8. The van der Waals surface area contributed by atoms with E-state index in [1.807, 2.05) is 45.9 Å². The number of hydrogen-bond donors (Lipinski definition) is 0. The maximum Gasteiger partial charge on any atom is 0.233 e. The lowest BCUT2D eigenvalue weighted by molar-refractivity contribution is -0.130. The molecule has 6 nitrogen and oxygen atoms in total. The Kier molecular flexibility index (Phi) is 6.49. The fourth-order valence-corrected chi connectivity index (χ4v) is 4.96. The predicted octanol–water partition coefficient (Wildman–Crippen LogP) is 4.84. The maximum absolute atomic E-state index is 12.8. The normalized spacial score (nSPS) is 19.2. The van der Waals surface area contributed by atoms with E-state index >= 15 is 0 Å². The Bertz CT molecular complexity index is 977. The number of aromatic nitrogens is 3. The average Bonchev–Trinajstić information content (AvgIpc) is 3.37. The third-order valence-corrected chi connectivity index (χ3v) is 6.46. The van der Waals surface area contributed by atoms with Crippen LogP contribution in [-0.2, 0) is 11.3 Å². The zero-order chi connectivity index (χ0) is 21.1. The van der Waals surface area contributed by atoms with Gasteiger partial charge in [-0.05, 0) is 54.7 Å². The van der Waals surface area contributed by atoms with E-state index in [-0.39, 0.29) is 5.91 Å². The van der Waals surface area contributed by atoms with E-state index in [1.54, 1.807) is 6.26 Å². The quantitative estimate of drug-likeness (QED) is 0.509. The van der Waals surface area contributed by atoms with Crippen LogP contribution in [0.2, 0.25) is 5.02 Å². The number of nitrogens with zero attached hydrogens (tertiary/aromatic N) is 4. The van der Waals surface area contributed by atoms with Crippen molar-refractivity contribution in [3.8, 4) is 11.4 Å². The number of halogens is 1. The summed E-state index contributed by atoms with van der Waals surface area (Å²) in [6.45, 7) is 6.58. The van der Waals surface area contributed by atoms with Gasteiger partial charge in [-0.1, -0.05) is 37.2 Å². The van der Waals surface area contributed by atoms with Gasteiger partial charge in [-0.3, -0.25) is 9.36 Å². The first-order valence-corrected chi connectivity index (χ1v) is 11.5. The molecule has 3 aromatic rings. The summed E-state index contributed by atoms with van der Waals surface area (Å²) in [6, 6.07) is 11.3. The molecule has 30 heavy (non-hydrogen) atoms. The number of carbonyl (C=O) groups excluding carboxylic acids is 1. The molecular weight excluding hydrogens is 420 g/mol. The van der Waals surface area contributed by atoms with Gasteiger partial charge in [0.05, 0.1) is 18.6 Å². The lowest BCUT2D eigenvalue weighted by Gasteiger charge is -2.34. The Balaban J connectivity index is 1.53. The van der Waals surface area contributed by atoms with Crippen molar-refractivity contribution < 1.29 is 9.21 Å². The zero-order valence-corrected chi connectivity index (χ0v) is 18.7. The molecule has 4 rings (SSSR count). The molecule has 8 heteroatoms. The van der Waals surface area contributed by atoms with Crippen LogP contribution in [0.3, 0.4) is 0 Å². The summed E-state index contributed by atoms with van der Waals surface area (Å²) in [7, 11) is 0. The number of furan rings is 1. The van der Waals surface area contributed by atoms with Crippen LogP contribution < -0.4 is 0 Å². The van der Waals surface area contributed by atoms with Gasteiger partial charge in [0.15, 0.2) is 11.0 Å². The van der Waals surface area contributed by atoms with E-state index in [2.05, 4.69) is 24.0 Å². The van der Waals surface area contributed by atoms with Crippen LogP contribution in [0.4, 0.5) is 0 Å². The number of carbonyl (C=O) groups is 1. The second-order valence-electron chi connectivity index (χ2n) is 8.01. The largest absolute Gasteiger partial charge is 0.467 e. The smallest absolute Gasteiger partial charge is 0.233 e. The molecule has 1 fully saturated rings. The summed E-state index contributed by atoms with van der Waals surface area (Å²) in [5.74, 6) is 3.11.